The van der Waals surface area contributed by atoms with Gasteiger partial charge in [0.25, 0.3) is 22.9 Å². The molecule has 4 aliphatic rings. The molecular formula is C56H57Cl5F2N10O8. The third-order valence-electron chi connectivity index (χ3n) is 13.5. The van der Waals surface area contributed by atoms with Crippen molar-refractivity contribution in [3.63, 3.8) is 0 Å². The number of nitrogens with one attached hydrogen (secondary N) is 3. The zero-order valence-electron chi connectivity index (χ0n) is 44.7. The van der Waals surface area contributed by atoms with Crippen LogP contribution in [0.2, 0.25) is 20.1 Å². The molecule has 2 atom stereocenters. The van der Waals surface area contributed by atoms with Gasteiger partial charge in [0.15, 0.2) is 0 Å². The fourth-order valence-corrected chi connectivity index (χ4v) is 10.6. The molecule has 4 aliphatic heterocycles. The number of rotatable bonds is 8. The highest BCUT2D eigenvalue weighted by Gasteiger charge is 2.40. The third kappa shape index (κ3) is 13.8. The predicted octanol–water partition coefficient (Wildman–Crippen LogP) is 11.2. The Morgan fingerprint density at radius 3 is 1.41 bits per heavy atom. The summed E-state index contributed by atoms with van der Waals surface area (Å²) in [5, 5.41) is 10.5. The van der Waals surface area contributed by atoms with Crippen molar-refractivity contribution in [2.45, 2.75) is 65.8 Å². The number of amides is 2. The normalized spacial score (nSPS) is 16.8. The lowest BCUT2D eigenvalue weighted by atomic mass is 9.94. The Kier molecular flexibility index (Phi) is 19.0. The van der Waals surface area contributed by atoms with Crippen LogP contribution in [0.15, 0.2) is 129 Å². The zero-order valence-corrected chi connectivity index (χ0v) is 48.5. The first-order valence-corrected chi connectivity index (χ1v) is 27.6. The quantitative estimate of drug-likeness (QED) is 0.123. The Morgan fingerprint density at radius 2 is 0.988 bits per heavy atom. The molecule has 18 nitrogen and oxygen atoms in total. The number of allylic oxidation sites excluding steroid dienone is 2. The maximum atomic E-state index is 14.1. The van der Waals surface area contributed by atoms with Crippen molar-refractivity contribution in [2.24, 2.45) is 0 Å². The molecule has 0 bridgehead atoms. The number of piperazine rings is 2. The number of H-pyrrole nitrogens is 1. The van der Waals surface area contributed by atoms with Crippen LogP contribution in [0.1, 0.15) is 64.8 Å². The lowest BCUT2D eigenvalue weighted by molar-refractivity contribution is -0.128. The molecule has 2 saturated heterocycles. The number of carbonyl (C=O) groups is 4. The Labute approximate surface area is 489 Å². The van der Waals surface area contributed by atoms with E-state index in [0.29, 0.717) is 107 Å². The molecule has 10 rings (SSSR count). The third-order valence-corrected chi connectivity index (χ3v) is 15.1. The van der Waals surface area contributed by atoms with Crippen LogP contribution in [-0.4, -0.2) is 117 Å². The van der Waals surface area contributed by atoms with E-state index in [2.05, 4.69) is 30.3 Å². The maximum Gasteiger partial charge on any atom is 0.436 e. The molecule has 2 aromatic heterocycles. The van der Waals surface area contributed by atoms with Gasteiger partial charge in [-0.15, -0.1) is 4.68 Å². The lowest BCUT2D eigenvalue weighted by Crippen LogP contribution is -2.50. The first-order chi connectivity index (χ1) is 38.5. The van der Waals surface area contributed by atoms with E-state index in [9.17, 15) is 37.5 Å². The molecule has 428 valence electrons. The second kappa shape index (κ2) is 25.7. The van der Waals surface area contributed by atoms with Crippen LogP contribution < -0.4 is 31.6 Å². The van der Waals surface area contributed by atoms with Crippen LogP contribution in [-0.2, 0) is 19.1 Å². The van der Waals surface area contributed by atoms with E-state index < -0.39 is 35.3 Å². The van der Waals surface area contributed by atoms with Gasteiger partial charge in [0.2, 0.25) is 0 Å². The Hall–Kier alpha value is -7.23. The number of nitrogens with zero attached hydrogens (tertiary/aromatic N) is 7. The van der Waals surface area contributed by atoms with Crippen LogP contribution in [0, 0.1) is 11.6 Å². The van der Waals surface area contributed by atoms with Gasteiger partial charge in [0.1, 0.15) is 35.4 Å². The van der Waals surface area contributed by atoms with E-state index >= 15 is 0 Å². The number of hydrogen-bond acceptors (Lipinski definition) is 12. The fourth-order valence-electron chi connectivity index (χ4n) is 9.83. The molecule has 2 amide bonds. The number of anilines is 4. The van der Waals surface area contributed by atoms with Crippen LogP contribution >= 0.6 is 58.0 Å². The minimum absolute atomic E-state index is 0.106. The van der Waals surface area contributed by atoms with Crippen LogP contribution in [0.4, 0.5) is 41.4 Å². The number of ether oxygens (including phenoxy) is 2. The summed E-state index contributed by atoms with van der Waals surface area (Å²) in [4.78, 5) is 83.7. The summed E-state index contributed by atoms with van der Waals surface area (Å²) in [6.07, 6.45) is -1.44. The average molecular weight is 1210 g/mol. The first-order valence-electron chi connectivity index (χ1n) is 25.7. The van der Waals surface area contributed by atoms with Crippen molar-refractivity contribution in [3.8, 4) is 0 Å². The summed E-state index contributed by atoms with van der Waals surface area (Å²) in [5.74, 6) is -0.0672. The first kappa shape index (κ1) is 59.9. The molecule has 6 aromatic rings. The smallest absolute Gasteiger partial charge is 0.436 e. The highest BCUT2D eigenvalue weighted by Crippen LogP contribution is 2.41. The van der Waals surface area contributed by atoms with Crippen LogP contribution in [0.3, 0.4) is 0 Å². The lowest BCUT2D eigenvalue weighted by Gasteiger charge is -2.39. The van der Waals surface area contributed by atoms with Crippen molar-refractivity contribution in [3.05, 3.63) is 183 Å². The van der Waals surface area contributed by atoms with Gasteiger partial charge in [-0.05, 0) is 125 Å². The number of halogens is 7. The molecule has 2 fully saturated rings. The van der Waals surface area contributed by atoms with Crippen LogP contribution in [0.25, 0.3) is 0 Å². The van der Waals surface area contributed by atoms with Crippen molar-refractivity contribution >= 4 is 104 Å². The number of carbonyl (C=O) groups excluding carboxylic acids is 4. The van der Waals surface area contributed by atoms with Crippen LogP contribution in [0.5, 0.6) is 0 Å². The number of fused-ring (bicyclic) bond motifs is 2. The number of aromatic amines is 1. The number of aromatic nitrogens is 4. The van der Waals surface area contributed by atoms with E-state index in [1.807, 2.05) is 6.92 Å². The second-order valence-electron chi connectivity index (χ2n) is 19.7. The van der Waals surface area contributed by atoms with Gasteiger partial charge in [-0.3, -0.25) is 29.0 Å². The van der Waals surface area contributed by atoms with Crippen molar-refractivity contribution in [1.29, 1.82) is 0 Å². The average Bonchev–Trinajstić information content (AvgIpc) is 4.21. The van der Waals surface area contributed by atoms with E-state index in [-0.39, 0.29) is 40.1 Å². The molecule has 3 N–H and O–H groups in total. The molecule has 4 aromatic carbocycles. The highest BCUT2D eigenvalue weighted by molar-refractivity contribution is 6.61. The molecule has 81 heavy (non-hydrogen) atoms. The van der Waals surface area contributed by atoms with Gasteiger partial charge >= 0.3 is 11.5 Å². The maximum absolute atomic E-state index is 14.1. The zero-order chi connectivity index (χ0) is 58.6. The molecule has 0 saturated carbocycles. The van der Waals surface area contributed by atoms with E-state index in [1.54, 1.807) is 110 Å². The number of hydrogen-bond donors (Lipinski definition) is 3. The van der Waals surface area contributed by atoms with Gasteiger partial charge in [0, 0.05) is 98.9 Å². The Balaban J connectivity index is 0.000000192. The summed E-state index contributed by atoms with van der Waals surface area (Å²) in [6, 6.07) is 24.1. The summed E-state index contributed by atoms with van der Waals surface area (Å²) in [7, 11) is 0. The van der Waals surface area contributed by atoms with Gasteiger partial charge in [-0.25, -0.2) is 23.1 Å². The molecule has 6 heterocycles. The SMILES string of the molecule is CC(C)OC(=O)Cl.CC1=C(C(=O)N2CCN(c3ccc(F)cc3)CC2)C(c2ccc(Cl)c(Cl)c2)n2[nH]c(=O)cc2N1.CC1=C(C(=O)N2CCN(c3ccc(F)cc3)CC2)C(c2ccc(Cl)c(Cl)c2)n2c(cc(=O)n2C(=O)OC(C)C)N1. The van der Waals surface area contributed by atoms with E-state index in [4.69, 9.17) is 62.7 Å². The van der Waals surface area contributed by atoms with Gasteiger partial charge < -0.3 is 39.7 Å². The van der Waals surface area contributed by atoms with Crippen molar-refractivity contribution in [2.75, 3.05) is 72.8 Å². The minimum atomic E-state index is -0.879. The summed E-state index contributed by atoms with van der Waals surface area (Å²) in [6.45, 7) is 14.6. The molecule has 0 spiro atoms. The van der Waals surface area contributed by atoms with Gasteiger partial charge in [0.05, 0.1) is 43.4 Å². The predicted molar refractivity (Wildman–Crippen MR) is 310 cm³/mol. The van der Waals surface area contributed by atoms with Gasteiger partial charge in [-0.2, -0.15) is 0 Å². The summed E-state index contributed by atoms with van der Waals surface area (Å²) >= 11 is 29.8. The largest absolute Gasteiger partial charge is 0.451 e. The van der Waals surface area contributed by atoms with Gasteiger partial charge in [-0.1, -0.05) is 58.5 Å². The standard InChI is InChI=1S/C28H28Cl2FN5O4.C24H22Cl2FN5O2.C4H7ClO2/c1-16(2)40-28(39)36-24(37)15-23-32-17(3)25(26(35(23)36)18-4-9-21(29)22(30)14-18)27(38)34-12-10-33(11-13-34)20-7-5-19(31)6-8-20;1-14-22(24(34)31-10-8-30(9-11-31)17-5-3-16(27)4-6-17)23(15-2-7-18(25)19(26)12-15)32-20(28-14)13-21(33)29-32;1-3(2)7-4(5)6/h4-9,14-16,26,32H,10-13H2,1-3H3;2-7,12-13,23,28H,8-11H2,1H3,(H,29,33);3H,1-2H3. The summed E-state index contributed by atoms with van der Waals surface area (Å²) in [5.41, 5.74) is 3.55. The van der Waals surface area contributed by atoms with Crippen molar-refractivity contribution in [1.82, 2.24) is 28.9 Å². The Morgan fingerprint density at radius 1 is 0.556 bits per heavy atom. The number of benzene rings is 4. The molecule has 25 heteroatoms. The highest BCUT2D eigenvalue weighted by atomic mass is 35.5. The fraction of sp³-hybridized carbons (Fsp3) is 0.321. The topological polar surface area (TPSA) is 188 Å². The summed E-state index contributed by atoms with van der Waals surface area (Å²) < 4.78 is 40.4. The molecule has 2 unspecified atom stereocenters. The molecule has 0 radical (unpaired) electrons. The molecule has 0 aliphatic carbocycles. The van der Waals surface area contributed by atoms with E-state index in [0.717, 1.165) is 21.6 Å². The monoisotopic (exact) mass is 1210 g/mol. The Bertz CT molecular complexity index is 3530. The second-order valence-corrected chi connectivity index (χ2v) is 21.7. The van der Waals surface area contributed by atoms with Crippen molar-refractivity contribution < 1.29 is 37.4 Å². The minimum Gasteiger partial charge on any atom is -0.451 e. The molecular weight excluding hydrogens is 1160 g/mol. The van der Waals surface area contributed by atoms with E-state index in [1.165, 1.54) is 41.1 Å².